The van der Waals surface area contributed by atoms with Gasteiger partial charge in [-0.15, -0.1) is 0 Å². The minimum atomic E-state index is -1.85. The van der Waals surface area contributed by atoms with Crippen LogP contribution in [0.2, 0.25) is 5.02 Å². The van der Waals surface area contributed by atoms with Gasteiger partial charge in [-0.25, -0.2) is 9.78 Å². The molecule has 0 fully saturated rings. The van der Waals surface area contributed by atoms with Gasteiger partial charge in [-0.1, -0.05) is 17.7 Å². The van der Waals surface area contributed by atoms with Gasteiger partial charge in [0.15, 0.2) is 5.60 Å². The molecule has 0 saturated carbocycles. The topological polar surface area (TPSA) is 82.5 Å². The predicted molar refractivity (Wildman–Crippen MR) is 78.2 cm³/mol. The zero-order chi connectivity index (χ0) is 14.9. The van der Waals surface area contributed by atoms with Crippen molar-refractivity contribution in [1.82, 2.24) is 4.98 Å². The Morgan fingerprint density at radius 2 is 2.05 bits per heavy atom. The monoisotopic (exact) mass is 294 g/mol. The molecule has 0 aliphatic carbocycles. The second-order valence-electron chi connectivity index (χ2n) is 4.87. The maximum atomic E-state index is 10.8. The minimum Gasteiger partial charge on any atom is -0.479 e. The van der Waals surface area contributed by atoms with Crippen LogP contribution in [0, 0.1) is 6.92 Å². The highest BCUT2D eigenvalue weighted by Crippen LogP contribution is 2.25. The van der Waals surface area contributed by atoms with Crippen LogP contribution in [0.4, 0.5) is 5.82 Å². The molecule has 0 radical (unpaired) electrons. The van der Waals surface area contributed by atoms with Crippen LogP contribution in [-0.2, 0) is 4.79 Å². The first kappa shape index (κ1) is 14.6. The number of nitrogens with one attached hydrogen (secondary N) is 1. The van der Waals surface area contributed by atoms with Crippen molar-refractivity contribution in [2.45, 2.75) is 19.4 Å². The van der Waals surface area contributed by atoms with Crippen molar-refractivity contribution in [3.63, 3.8) is 0 Å². The fourth-order valence-electron chi connectivity index (χ4n) is 1.74. The van der Waals surface area contributed by atoms with E-state index in [1.807, 2.05) is 25.1 Å². The van der Waals surface area contributed by atoms with E-state index < -0.39 is 11.6 Å². The van der Waals surface area contributed by atoms with Crippen molar-refractivity contribution in [3.05, 3.63) is 34.9 Å². The van der Waals surface area contributed by atoms with Crippen LogP contribution in [0.1, 0.15) is 12.5 Å². The summed E-state index contributed by atoms with van der Waals surface area (Å²) in [6.07, 6.45) is 0. The van der Waals surface area contributed by atoms with Gasteiger partial charge in [-0.3, -0.25) is 0 Å². The Labute approximate surface area is 121 Å². The van der Waals surface area contributed by atoms with E-state index in [0.29, 0.717) is 10.8 Å². The molecular formula is C14H15ClN2O3. The number of rotatable bonds is 4. The highest BCUT2D eigenvalue weighted by molar-refractivity contribution is 6.32. The van der Waals surface area contributed by atoms with Crippen molar-refractivity contribution >= 4 is 34.3 Å². The molecule has 0 amide bonds. The van der Waals surface area contributed by atoms with Crippen molar-refractivity contribution in [2.24, 2.45) is 0 Å². The molecule has 1 unspecified atom stereocenters. The van der Waals surface area contributed by atoms with Crippen LogP contribution >= 0.6 is 11.6 Å². The summed E-state index contributed by atoms with van der Waals surface area (Å²) in [4.78, 5) is 15.2. The molecule has 1 heterocycles. The van der Waals surface area contributed by atoms with Gasteiger partial charge in [0.05, 0.1) is 12.1 Å². The predicted octanol–water partition coefficient (Wildman–Crippen LogP) is 2.44. The maximum absolute atomic E-state index is 10.8. The van der Waals surface area contributed by atoms with Crippen molar-refractivity contribution < 1.29 is 15.0 Å². The molecule has 2 aromatic rings. The van der Waals surface area contributed by atoms with E-state index in [9.17, 15) is 9.90 Å². The summed E-state index contributed by atoms with van der Waals surface area (Å²) < 4.78 is 0. The number of aliphatic hydroxyl groups is 1. The van der Waals surface area contributed by atoms with Crippen molar-refractivity contribution in [3.8, 4) is 0 Å². The first-order valence-electron chi connectivity index (χ1n) is 6.07. The number of hydrogen-bond donors (Lipinski definition) is 3. The Hall–Kier alpha value is -1.85. The Morgan fingerprint density at radius 3 is 2.70 bits per heavy atom. The summed E-state index contributed by atoms with van der Waals surface area (Å²) in [5.74, 6) is -0.797. The molecule has 0 aliphatic rings. The Kier molecular flexibility index (Phi) is 3.83. The fourth-order valence-corrected chi connectivity index (χ4v) is 1.90. The summed E-state index contributed by atoms with van der Waals surface area (Å²) in [6.45, 7) is 2.96. The zero-order valence-corrected chi connectivity index (χ0v) is 11.9. The number of aromatic nitrogens is 1. The van der Waals surface area contributed by atoms with E-state index in [-0.39, 0.29) is 6.54 Å². The van der Waals surface area contributed by atoms with E-state index in [1.165, 1.54) is 6.92 Å². The number of benzene rings is 1. The molecule has 0 spiro atoms. The van der Waals surface area contributed by atoms with Gasteiger partial charge in [0, 0.05) is 10.4 Å². The molecular weight excluding hydrogens is 280 g/mol. The smallest absolute Gasteiger partial charge is 0.337 e. The number of pyridine rings is 1. The lowest BCUT2D eigenvalue weighted by atomic mass is 10.1. The molecule has 20 heavy (non-hydrogen) atoms. The molecule has 1 atom stereocenters. The Morgan fingerprint density at radius 1 is 1.40 bits per heavy atom. The van der Waals surface area contributed by atoms with Crippen molar-refractivity contribution in [1.29, 1.82) is 0 Å². The van der Waals surface area contributed by atoms with E-state index in [1.54, 1.807) is 6.07 Å². The lowest BCUT2D eigenvalue weighted by Gasteiger charge is -2.18. The largest absolute Gasteiger partial charge is 0.479 e. The SMILES string of the molecule is Cc1c(Cl)ccc2ccc(NCC(C)(O)C(=O)O)nc12. The van der Waals surface area contributed by atoms with E-state index >= 15 is 0 Å². The van der Waals surface area contributed by atoms with Gasteiger partial charge in [0.2, 0.25) is 0 Å². The highest BCUT2D eigenvalue weighted by atomic mass is 35.5. The number of hydrogen-bond acceptors (Lipinski definition) is 4. The average molecular weight is 295 g/mol. The van der Waals surface area contributed by atoms with Gasteiger partial charge in [-0.05, 0) is 37.6 Å². The number of aryl methyl sites for hydroxylation is 1. The van der Waals surface area contributed by atoms with Gasteiger partial charge in [0.25, 0.3) is 0 Å². The third-order valence-electron chi connectivity index (χ3n) is 3.12. The highest BCUT2D eigenvalue weighted by Gasteiger charge is 2.29. The molecule has 0 bridgehead atoms. The number of fused-ring (bicyclic) bond motifs is 1. The van der Waals surface area contributed by atoms with Crippen LogP contribution in [0.5, 0.6) is 0 Å². The lowest BCUT2D eigenvalue weighted by Crippen LogP contribution is -2.41. The molecule has 106 valence electrons. The molecule has 3 N–H and O–H groups in total. The fraction of sp³-hybridized carbons (Fsp3) is 0.286. The Bertz CT molecular complexity index is 671. The maximum Gasteiger partial charge on any atom is 0.337 e. The lowest BCUT2D eigenvalue weighted by molar-refractivity contribution is -0.155. The van der Waals surface area contributed by atoms with Gasteiger partial charge < -0.3 is 15.5 Å². The van der Waals surface area contributed by atoms with Crippen LogP contribution in [0.15, 0.2) is 24.3 Å². The third-order valence-corrected chi connectivity index (χ3v) is 3.53. The molecule has 0 saturated heterocycles. The Balaban J connectivity index is 2.28. The van der Waals surface area contributed by atoms with Gasteiger partial charge in [0.1, 0.15) is 5.82 Å². The first-order chi connectivity index (χ1) is 9.31. The summed E-state index contributed by atoms with van der Waals surface area (Å²) >= 11 is 6.05. The molecule has 6 heteroatoms. The molecule has 2 rings (SSSR count). The standard InChI is InChI=1S/C14H15ClN2O3/c1-8-10(15)5-3-9-4-6-11(17-12(8)9)16-7-14(2,20)13(18)19/h3-6,20H,7H2,1-2H3,(H,16,17)(H,18,19). The number of carboxylic acids is 1. The van der Waals surface area contributed by atoms with Gasteiger partial charge in [-0.2, -0.15) is 0 Å². The zero-order valence-electron chi connectivity index (χ0n) is 11.1. The van der Waals surface area contributed by atoms with E-state index in [4.69, 9.17) is 16.7 Å². The number of carboxylic acid groups (broad SMARTS) is 1. The van der Waals surface area contributed by atoms with Gasteiger partial charge >= 0.3 is 5.97 Å². The van der Waals surface area contributed by atoms with E-state index in [0.717, 1.165) is 16.5 Å². The summed E-state index contributed by atoms with van der Waals surface area (Å²) in [5, 5.41) is 22.9. The van der Waals surface area contributed by atoms with Crippen LogP contribution in [0.25, 0.3) is 10.9 Å². The minimum absolute atomic E-state index is 0.138. The number of aliphatic carboxylic acids is 1. The van der Waals surface area contributed by atoms with Crippen LogP contribution < -0.4 is 5.32 Å². The first-order valence-corrected chi connectivity index (χ1v) is 6.44. The quantitative estimate of drug-likeness (QED) is 0.807. The van der Waals surface area contributed by atoms with Crippen LogP contribution in [0.3, 0.4) is 0 Å². The average Bonchev–Trinajstić information content (AvgIpc) is 2.41. The molecule has 5 nitrogen and oxygen atoms in total. The van der Waals surface area contributed by atoms with E-state index in [2.05, 4.69) is 10.3 Å². The number of anilines is 1. The third kappa shape index (κ3) is 2.84. The van der Waals surface area contributed by atoms with Crippen molar-refractivity contribution in [2.75, 3.05) is 11.9 Å². The summed E-state index contributed by atoms with van der Waals surface area (Å²) in [6, 6.07) is 7.27. The number of halogens is 1. The molecule has 0 aliphatic heterocycles. The second kappa shape index (κ2) is 5.26. The molecule has 1 aromatic carbocycles. The normalized spacial score (nSPS) is 14.0. The van der Waals surface area contributed by atoms with Crippen LogP contribution in [-0.4, -0.2) is 33.3 Å². The molecule has 1 aromatic heterocycles. The summed E-state index contributed by atoms with van der Waals surface area (Å²) in [7, 11) is 0. The second-order valence-corrected chi connectivity index (χ2v) is 5.28. The number of carbonyl (C=O) groups is 1. The summed E-state index contributed by atoms with van der Waals surface area (Å²) in [5.41, 5.74) is -0.240. The number of nitrogens with zero attached hydrogens (tertiary/aromatic N) is 1.